The van der Waals surface area contributed by atoms with E-state index < -0.39 is 11.9 Å². The normalized spacial score (nSPS) is 10.1. The van der Waals surface area contributed by atoms with Gasteiger partial charge in [-0.3, -0.25) is 0 Å². The first-order valence-electron chi connectivity index (χ1n) is 6.80. The van der Waals surface area contributed by atoms with E-state index in [0.717, 1.165) is 17.8 Å². The summed E-state index contributed by atoms with van der Waals surface area (Å²) in [5, 5.41) is 6.73. The predicted octanol–water partition coefficient (Wildman–Crippen LogP) is 1.95. The van der Waals surface area contributed by atoms with Crippen molar-refractivity contribution in [2.45, 2.75) is 13.3 Å². The van der Waals surface area contributed by atoms with Gasteiger partial charge in [0.05, 0.1) is 19.8 Å². The lowest BCUT2D eigenvalue weighted by molar-refractivity contribution is 0.0601. The lowest BCUT2D eigenvalue weighted by Crippen LogP contribution is -2.30. The maximum absolute atomic E-state index is 12.0. The number of nitrogens with one attached hydrogen (secondary N) is 2. The summed E-state index contributed by atoms with van der Waals surface area (Å²) < 4.78 is 14.4. The van der Waals surface area contributed by atoms with Crippen LogP contribution in [0.3, 0.4) is 0 Å². The van der Waals surface area contributed by atoms with Crippen LogP contribution in [0.5, 0.6) is 0 Å². The lowest BCUT2D eigenvalue weighted by Gasteiger charge is -2.10. The second-order valence-corrected chi connectivity index (χ2v) is 5.90. The third-order valence-corrected chi connectivity index (χ3v) is 4.38. The Morgan fingerprint density at radius 3 is 2.39 bits per heavy atom. The van der Waals surface area contributed by atoms with Crippen molar-refractivity contribution in [1.82, 2.24) is 5.32 Å². The van der Waals surface area contributed by atoms with Crippen LogP contribution >= 0.6 is 23.6 Å². The summed E-state index contributed by atoms with van der Waals surface area (Å²) in [6.45, 7) is 2.91. The van der Waals surface area contributed by atoms with Crippen molar-refractivity contribution in [1.29, 1.82) is 0 Å². The number of rotatable bonds is 7. The first-order valence-corrected chi connectivity index (χ1v) is 8.02. The number of thiocarbonyl (C=S) groups is 1. The van der Waals surface area contributed by atoms with E-state index in [1.165, 1.54) is 14.2 Å². The van der Waals surface area contributed by atoms with Crippen LogP contribution in [0.25, 0.3) is 0 Å². The van der Waals surface area contributed by atoms with Crippen molar-refractivity contribution in [2.75, 3.05) is 39.8 Å². The maximum atomic E-state index is 12.0. The number of carbonyl (C=O) groups excluding carboxylic acids is 2. The summed E-state index contributed by atoms with van der Waals surface area (Å²) in [6.07, 6.45) is 0.791. The molecule has 1 rings (SSSR count). The molecule has 2 N–H and O–H groups in total. The zero-order chi connectivity index (χ0) is 17.4. The predicted molar refractivity (Wildman–Crippen MR) is 92.5 cm³/mol. The molecule has 128 valence electrons. The minimum Gasteiger partial charge on any atom is -0.465 e. The van der Waals surface area contributed by atoms with E-state index in [-0.39, 0.29) is 5.56 Å². The van der Waals surface area contributed by atoms with Crippen molar-refractivity contribution in [3.05, 3.63) is 16.0 Å². The average molecular weight is 360 g/mol. The van der Waals surface area contributed by atoms with Crippen LogP contribution < -0.4 is 10.6 Å². The quantitative estimate of drug-likeness (QED) is 0.434. The van der Waals surface area contributed by atoms with E-state index in [4.69, 9.17) is 26.4 Å². The minimum absolute atomic E-state index is 0.277. The topological polar surface area (TPSA) is 85.9 Å². The number of hydrogen-bond donors (Lipinski definition) is 2. The third-order valence-electron chi connectivity index (χ3n) is 2.94. The van der Waals surface area contributed by atoms with Crippen LogP contribution in [0.15, 0.2) is 0 Å². The van der Waals surface area contributed by atoms with E-state index in [1.807, 2.05) is 0 Å². The highest BCUT2D eigenvalue weighted by molar-refractivity contribution is 7.80. The van der Waals surface area contributed by atoms with Gasteiger partial charge in [0.15, 0.2) is 5.11 Å². The van der Waals surface area contributed by atoms with Gasteiger partial charge in [0.1, 0.15) is 9.88 Å². The molecule has 7 nitrogen and oxygen atoms in total. The smallest absolute Gasteiger partial charge is 0.348 e. The number of anilines is 1. The highest BCUT2D eigenvalue weighted by Gasteiger charge is 2.26. The van der Waals surface area contributed by atoms with Gasteiger partial charge in [-0.25, -0.2) is 9.59 Å². The van der Waals surface area contributed by atoms with E-state index >= 15 is 0 Å². The van der Waals surface area contributed by atoms with Crippen molar-refractivity contribution in [3.63, 3.8) is 0 Å². The molecular formula is C14H20N2O5S2. The first-order chi connectivity index (χ1) is 11.0. The van der Waals surface area contributed by atoms with Gasteiger partial charge in [-0.2, -0.15) is 0 Å². The molecule has 1 heterocycles. The Hall–Kier alpha value is -1.71. The highest BCUT2D eigenvalue weighted by Crippen LogP contribution is 2.34. The second kappa shape index (κ2) is 9.43. The Bertz CT molecular complexity index is 586. The largest absolute Gasteiger partial charge is 0.465 e. The molecule has 0 fully saturated rings. The Balaban J connectivity index is 2.93. The number of carbonyl (C=O) groups is 2. The Kier molecular flexibility index (Phi) is 7.93. The van der Waals surface area contributed by atoms with E-state index in [1.54, 1.807) is 14.0 Å². The Morgan fingerprint density at radius 2 is 1.83 bits per heavy atom. The minimum atomic E-state index is -0.543. The van der Waals surface area contributed by atoms with Gasteiger partial charge >= 0.3 is 11.9 Å². The molecule has 0 atom stereocenters. The molecule has 0 aliphatic rings. The molecule has 1 aromatic heterocycles. The average Bonchev–Trinajstić information content (AvgIpc) is 2.86. The zero-order valence-electron chi connectivity index (χ0n) is 13.5. The van der Waals surface area contributed by atoms with E-state index in [9.17, 15) is 9.59 Å². The standard InChI is InChI=1S/C14H20N2O5S2/c1-8-9(12(17)20-3)11(23-10(8)13(18)21-4)16-14(22)15-6-5-7-19-2/h5-7H2,1-4H3,(H2,15,16,22). The van der Waals surface area contributed by atoms with Crippen LogP contribution in [-0.2, 0) is 14.2 Å². The van der Waals surface area contributed by atoms with Crippen LogP contribution in [0.4, 0.5) is 5.00 Å². The Labute approximate surface area is 144 Å². The van der Waals surface area contributed by atoms with Gasteiger partial charge in [0.25, 0.3) is 0 Å². The molecule has 0 saturated carbocycles. The van der Waals surface area contributed by atoms with E-state index in [2.05, 4.69) is 10.6 Å². The van der Waals surface area contributed by atoms with Crippen molar-refractivity contribution >= 4 is 45.6 Å². The number of hydrogen-bond acceptors (Lipinski definition) is 7. The third kappa shape index (κ3) is 5.15. The number of esters is 2. The molecule has 0 aliphatic carbocycles. The molecule has 0 aromatic carbocycles. The summed E-state index contributed by atoms with van der Waals surface area (Å²) in [6, 6.07) is 0. The monoisotopic (exact) mass is 360 g/mol. The summed E-state index contributed by atoms with van der Waals surface area (Å²) in [5.41, 5.74) is 0.775. The fourth-order valence-electron chi connectivity index (χ4n) is 1.80. The van der Waals surface area contributed by atoms with Gasteiger partial charge in [-0.05, 0) is 31.1 Å². The van der Waals surface area contributed by atoms with E-state index in [0.29, 0.717) is 33.7 Å². The Morgan fingerprint density at radius 1 is 1.17 bits per heavy atom. The molecule has 0 bridgehead atoms. The highest BCUT2D eigenvalue weighted by atomic mass is 32.1. The van der Waals surface area contributed by atoms with Crippen LogP contribution in [0, 0.1) is 6.92 Å². The van der Waals surface area contributed by atoms with Gasteiger partial charge in [-0.15, -0.1) is 11.3 Å². The fourth-order valence-corrected chi connectivity index (χ4v) is 3.19. The molecule has 0 unspecified atom stereocenters. The van der Waals surface area contributed by atoms with Crippen molar-refractivity contribution in [2.24, 2.45) is 0 Å². The lowest BCUT2D eigenvalue weighted by atomic mass is 10.1. The maximum Gasteiger partial charge on any atom is 0.348 e. The number of methoxy groups -OCH3 is 3. The molecule has 9 heteroatoms. The summed E-state index contributed by atoms with van der Waals surface area (Å²) in [7, 11) is 4.19. The molecule has 0 aliphatic heterocycles. The molecule has 0 saturated heterocycles. The van der Waals surface area contributed by atoms with Crippen molar-refractivity contribution < 1.29 is 23.8 Å². The fraction of sp³-hybridized carbons (Fsp3) is 0.500. The van der Waals surface area contributed by atoms with Gasteiger partial charge in [0, 0.05) is 20.3 Å². The van der Waals surface area contributed by atoms with Crippen LogP contribution in [0.1, 0.15) is 32.0 Å². The molecule has 0 radical (unpaired) electrons. The summed E-state index contributed by atoms with van der Waals surface area (Å²) in [4.78, 5) is 24.1. The van der Waals surface area contributed by atoms with Gasteiger partial charge < -0.3 is 24.8 Å². The molecule has 0 amide bonds. The first kappa shape index (κ1) is 19.3. The molecule has 23 heavy (non-hydrogen) atoms. The van der Waals surface area contributed by atoms with Crippen LogP contribution in [-0.4, -0.2) is 51.5 Å². The zero-order valence-corrected chi connectivity index (χ0v) is 15.1. The van der Waals surface area contributed by atoms with Gasteiger partial charge in [0.2, 0.25) is 0 Å². The molecule has 0 spiro atoms. The van der Waals surface area contributed by atoms with Crippen LogP contribution in [0.2, 0.25) is 0 Å². The summed E-state index contributed by atoms with van der Waals surface area (Å²) in [5.74, 6) is -1.05. The number of ether oxygens (including phenoxy) is 3. The van der Waals surface area contributed by atoms with Crippen molar-refractivity contribution in [3.8, 4) is 0 Å². The van der Waals surface area contributed by atoms with Gasteiger partial charge in [-0.1, -0.05) is 0 Å². The number of thiophene rings is 1. The molecular weight excluding hydrogens is 340 g/mol. The SMILES string of the molecule is COCCCNC(=S)Nc1sc(C(=O)OC)c(C)c1C(=O)OC. The summed E-state index contributed by atoms with van der Waals surface area (Å²) >= 11 is 6.29. The second-order valence-electron chi connectivity index (χ2n) is 4.47. The molecule has 1 aromatic rings.